The van der Waals surface area contributed by atoms with Gasteiger partial charge in [-0.25, -0.2) is 0 Å². The van der Waals surface area contributed by atoms with E-state index in [2.05, 4.69) is 54.7 Å². The Balaban J connectivity index is 2.24. The molecule has 2 aromatic rings. The fraction of sp³-hybridized carbons (Fsp3) is 0.412. The molecule has 0 aliphatic carbocycles. The van der Waals surface area contributed by atoms with Gasteiger partial charge in [-0.2, -0.15) is 0 Å². The molecule has 96 valence electrons. The molecule has 0 heterocycles. The smallest absolute Gasteiger partial charge is 0.00203 e. The van der Waals surface area contributed by atoms with Crippen LogP contribution in [0.15, 0.2) is 42.5 Å². The van der Waals surface area contributed by atoms with Crippen LogP contribution >= 0.6 is 0 Å². The van der Waals surface area contributed by atoms with Gasteiger partial charge in [0.25, 0.3) is 0 Å². The molecule has 0 fully saturated rings. The van der Waals surface area contributed by atoms with Crippen molar-refractivity contribution in [2.45, 2.75) is 26.2 Å². The van der Waals surface area contributed by atoms with E-state index in [9.17, 15) is 0 Å². The summed E-state index contributed by atoms with van der Waals surface area (Å²) in [7, 11) is 2.05. The van der Waals surface area contributed by atoms with Crippen molar-refractivity contribution >= 4 is 10.8 Å². The Hall–Kier alpha value is -1.34. The van der Waals surface area contributed by atoms with Gasteiger partial charge in [0.2, 0.25) is 0 Å². The highest BCUT2D eigenvalue weighted by Gasteiger charge is 2.09. The topological polar surface area (TPSA) is 12.0 Å². The maximum atomic E-state index is 3.32. The van der Waals surface area contributed by atoms with Crippen LogP contribution in [0.3, 0.4) is 0 Å². The molecule has 2 aromatic carbocycles. The Kier molecular flexibility index (Phi) is 4.77. The SMILES string of the molecule is CCCC(CNC)Cc1cccc2ccccc12. The van der Waals surface area contributed by atoms with Crippen molar-refractivity contribution in [2.24, 2.45) is 5.92 Å². The van der Waals surface area contributed by atoms with Gasteiger partial charge in [-0.3, -0.25) is 0 Å². The highest BCUT2D eigenvalue weighted by atomic mass is 14.8. The lowest BCUT2D eigenvalue weighted by atomic mass is 9.92. The molecule has 2 rings (SSSR count). The molecule has 1 heteroatoms. The molecule has 0 spiro atoms. The Morgan fingerprint density at radius 1 is 1.06 bits per heavy atom. The summed E-state index contributed by atoms with van der Waals surface area (Å²) in [4.78, 5) is 0. The summed E-state index contributed by atoms with van der Waals surface area (Å²) in [6.45, 7) is 3.38. The predicted octanol–water partition coefficient (Wildman–Crippen LogP) is 4.02. The largest absolute Gasteiger partial charge is 0.319 e. The number of fused-ring (bicyclic) bond motifs is 1. The summed E-state index contributed by atoms with van der Waals surface area (Å²) in [5, 5.41) is 6.09. The first-order chi connectivity index (χ1) is 8.85. The molecule has 0 aromatic heterocycles. The third kappa shape index (κ3) is 3.11. The fourth-order valence-electron chi connectivity index (χ4n) is 2.75. The Labute approximate surface area is 110 Å². The van der Waals surface area contributed by atoms with Crippen molar-refractivity contribution in [1.29, 1.82) is 0 Å². The predicted molar refractivity (Wildman–Crippen MR) is 80.0 cm³/mol. The third-order valence-electron chi connectivity index (χ3n) is 3.58. The molecule has 0 bridgehead atoms. The van der Waals surface area contributed by atoms with Crippen molar-refractivity contribution in [3.05, 3.63) is 48.0 Å². The molecule has 18 heavy (non-hydrogen) atoms. The minimum Gasteiger partial charge on any atom is -0.319 e. The van der Waals surface area contributed by atoms with Crippen molar-refractivity contribution < 1.29 is 0 Å². The first kappa shape index (κ1) is 13.1. The van der Waals surface area contributed by atoms with Gasteiger partial charge in [-0.15, -0.1) is 0 Å². The Morgan fingerprint density at radius 2 is 1.83 bits per heavy atom. The Bertz CT molecular complexity index is 478. The molecular weight excluding hydrogens is 218 g/mol. The number of benzene rings is 2. The van der Waals surface area contributed by atoms with Crippen LogP contribution < -0.4 is 5.32 Å². The monoisotopic (exact) mass is 241 g/mol. The maximum Gasteiger partial charge on any atom is -0.00203 e. The average molecular weight is 241 g/mol. The van der Waals surface area contributed by atoms with E-state index in [-0.39, 0.29) is 0 Å². The van der Waals surface area contributed by atoms with Gasteiger partial charge < -0.3 is 5.32 Å². The van der Waals surface area contributed by atoms with E-state index in [4.69, 9.17) is 0 Å². The fourth-order valence-corrected chi connectivity index (χ4v) is 2.75. The van der Waals surface area contributed by atoms with Crippen LogP contribution in [0.1, 0.15) is 25.3 Å². The van der Waals surface area contributed by atoms with Gasteiger partial charge in [0.1, 0.15) is 0 Å². The van der Waals surface area contributed by atoms with Crippen molar-refractivity contribution in [2.75, 3.05) is 13.6 Å². The van der Waals surface area contributed by atoms with E-state index in [0.717, 1.165) is 12.5 Å². The van der Waals surface area contributed by atoms with E-state index in [0.29, 0.717) is 0 Å². The quantitative estimate of drug-likeness (QED) is 0.805. The molecule has 1 nitrogen and oxygen atoms in total. The van der Waals surface area contributed by atoms with Crippen LogP contribution in [0.2, 0.25) is 0 Å². The molecule has 0 aliphatic rings. The molecule has 0 saturated carbocycles. The van der Waals surface area contributed by atoms with Crippen LogP contribution in [-0.2, 0) is 6.42 Å². The number of rotatable bonds is 6. The lowest BCUT2D eigenvalue weighted by molar-refractivity contribution is 0.457. The molecule has 1 N–H and O–H groups in total. The second-order valence-corrected chi connectivity index (χ2v) is 5.05. The minimum absolute atomic E-state index is 0.741. The highest BCUT2D eigenvalue weighted by Crippen LogP contribution is 2.22. The summed E-state index contributed by atoms with van der Waals surface area (Å²) in [6, 6.07) is 15.4. The van der Waals surface area contributed by atoms with Crippen molar-refractivity contribution in [3.63, 3.8) is 0 Å². The van der Waals surface area contributed by atoms with Crippen molar-refractivity contribution in [1.82, 2.24) is 5.32 Å². The van der Waals surface area contributed by atoms with Gasteiger partial charge >= 0.3 is 0 Å². The van der Waals surface area contributed by atoms with Gasteiger partial charge in [0, 0.05) is 0 Å². The summed E-state index contributed by atoms with van der Waals surface area (Å²) < 4.78 is 0. The summed E-state index contributed by atoms with van der Waals surface area (Å²) >= 11 is 0. The first-order valence-corrected chi connectivity index (χ1v) is 6.96. The lowest BCUT2D eigenvalue weighted by Crippen LogP contribution is -2.20. The van der Waals surface area contributed by atoms with E-state index in [1.54, 1.807) is 0 Å². The summed E-state index contributed by atoms with van der Waals surface area (Å²) in [5.41, 5.74) is 1.49. The number of hydrogen-bond donors (Lipinski definition) is 1. The number of nitrogens with one attached hydrogen (secondary N) is 1. The molecule has 0 saturated heterocycles. The lowest BCUT2D eigenvalue weighted by Gasteiger charge is -2.17. The van der Waals surface area contributed by atoms with Crippen LogP contribution in [0.5, 0.6) is 0 Å². The normalized spacial score (nSPS) is 12.8. The van der Waals surface area contributed by atoms with Gasteiger partial charge in [-0.1, -0.05) is 55.8 Å². The third-order valence-corrected chi connectivity index (χ3v) is 3.58. The second kappa shape index (κ2) is 6.55. The Morgan fingerprint density at radius 3 is 2.61 bits per heavy atom. The van der Waals surface area contributed by atoms with E-state index in [1.165, 1.54) is 35.6 Å². The second-order valence-electron chi connectivity index (χ2n) is 5.05. The van der Waals surface area contributed by atoms with E-state index in [1.807, 2.05) is 7.05 Å². The molecule has 1 atom stereocenters. The van der Waals surface area contributed by atoms with Gasteiger partial charge in [-0.05, 0) is 48.7 Å². The minimum atomic E-state index is 0.741. The molecule has 0 amide bonds. The molecule has 0 aliphatic heterocycles. The van der Waals surface area contributed by atoms with Gasteiger partial charge in [0.05, 0.1) is 0 Å². The zero-order valence-electron chi connectivity index (χ0n) is 11.4. The van der Waals surface area contributed by atoms with E-state index >= 15 is 0 Å². The van der Waals surface area contributed by atoms with Crippen LogP contribution in [-0.4, -0.2) is 13.6 Å². The maximum absolute atomic E-state index is 3.32. The zero-order valence-corrected chi connectivity index (χ0v) is 11.4. The van der Waals surface area contributed by atoms with Crippen LogP contribution in [0, 0.1) is 5.92 Å². The summed E-state index contributed by atoms with van der Waals surface area (Å²) in [5.74, 6) is 0.741. The van der Waals surface area contributed by atoms with Crippen LogP contribution in [0.4, 0.5) is 0 Å². The van der Waals surface area contributed by atoms with Crippen LogP contribution in [0.25, 0.3) is 10.8 Å². The summed E-state index contributed by atoms with van der Waals surface area (Å²) in [6.07, 6.45) is 3.73. The number of hydrogen-bond acceptors (Lipinski definition) is 1. The molecule has 0 radical (unpaired) electrons. The zero-order chi connectivity index (χ0) is 12.8. The van der Waals surface area contributed by atoms with E-state index < -0.39 is 0 Å². The first-order valence-electron chi connectivity index (χ1n) is 6.96. The highest BCUT2D eigenvalue weighted by molar-refractivity contribution is 5.85. The standard InChI is InChI=1S/C17H23N/c1-3-7-14(13-18-2)12-16-10-6-9-15-8-4-5-11-17(15)16/h4-6,8-11,14,18H,3,7,12-13H2,1-2H3. The van der Waals surface area contributed by atoms with Gasteiger partial charge in [0.15, 0.2) is 0 Å². The average Bonchev–Trinajstić information content (AvgIpc) is 2.40. The molecular formula is C17H23N. The van der Waals surface area contributed by atoms with Crippen molar-refractivity contribution in [3.8, 4) is 0 Å². The molecule has 1 unspecified atom stereocenters.